The highest BCUT2D eigenvalue weighted by atomic mass is 28.3. The van der Waals surface area contributed by atoms with Crippen molar-refractivity contribution in [3.05, 3.63) is 60.7 Å². The summed E-state index contributed by atoms with van der Waals surface area (Å²) in [6.45, 7) is 5.80. The topological polar surface area (TPSA) is 15.6 Å². The molecule has 0 amide bonds. The van der Waals surface area contributed by atoms with Gasteiger partial charge in [-0.1, -0.05) is 66.8 Å². The van der Waals surface area contributed by atoms with Gasteiger partial charge in [-0.3, -0.25) is 5.01 Å². The van der Waals surface area contributed by atoms with Crippen LogP contribution in [0.25, 0.3) is 0 Å². The first kappa shape index (κ1) is 13.1. The van der Waals surface area contributed by atoms with Gasteiger partial charge in [0.25, 0.3) is 0 Å². The molecule has 2 aromatic rings. The van der Waals surface area contributed by atoms with Crippen molar-refractivity contribution in [1.82, 2.24) is 0 Å². The molecule has 0 bridgehead atoms. The van der Waals surface area contributed by atoms with Crippen molar-refractivity contribution >= 4 is 24.3 Å². The first-order valence-electron chi connectivity index (χ1n) is 7.14. The molecule has 0 aromatic heterocycles. The summed E-state index contributed by atoms with van der Waals surface area (Å²) < 4.78 is 0. The number of anilines is 1. The number of hydrogen-bond donors (Lipinski definition) is 0. The summed E-state index contributed by atoms with van der Waals surface area (Å²) in [4.78, 5) is 0. The molecule has 0 spiro atoms. The van der Waals surface area contributed by atoms with Crippen LogP contribution in [0.2, 0.25) is 13.1 Å². The van der Waals surface area contributed by atoms with Crippen molar-refractivity contribution in [2.75, 3.05) is 11.6 Å². The van der Waals surface area contributed by atoms with Gasteiger partial charge in [-0.2, -0.15) is 5.10 Å². The molecule has 1 heterocycles. The maximum atomic E-state index is 4.92. The molecular weight excluding hydrogens is 260 g/mol. The largest absolute Gasteiger partial charge is 0.266 e. The molecule has 3 rings (SSSR count). The minimum Gasteiger partial charge on any atom is -0.266 e. The summed E-state index contributed by atoms with van der Waals surface area (Å²) in [5, 5.41) is 9.93. The molecule has 102 valence electrons. The van der Waals surface area contributed by atoms with Crippen molar-refractivity contribution in [3.8, 4) is 0 Å². The van der Waals surface area contributed by atoms with Gasteiger partial charge in [0.05, 0.1) is 5.69 Å². The van der Waals surface area contributed by atoms with Crippen molar-refractivity contribution < 1.29 is 0 Å². The fraction of sp³-hybridized carbons (Fsp3) is 0.235. The molecule has 0 unspecified atom stereocenters. The standard InChI is InChI=1S/C17H20N2Si/c1-20(2,16-11-7-4-8-12-16)17-13-14-19(18-17)15-9-5-3-6-10-15/h3-12H,13-14H2,1-2H3. The van der Waals surface area contributed by atoms with Crippen molar-refractivity contribution in [2.24, 2.45) is 5.10 Å². The molecule has 0 atom stereocenters. The third-order valence-corrected chi connectivity index (χ3v) is 7.64. The number of hydrazone groups is 1. The SMILES string of the molecule is C[Si](C)(C1=NN(c2ccccc2)CC1)c1ccccc1. The van der Waals surface area contributed by atoms with E-state index in [9.17, 15) is 0 Å². The minimum absolute atomic E-state index is 1.00. The molecule has 20 heavy (non-hydrogen) atoms. The molecule has 2 nitrogen and oxygen atoms in total. The average molecular weight is 280 g/mol. The zero-order valence-corrected chi connectivity index (χ0v) is 13.1. The lowest BCUT2D eigenvalue weighted by atomic mass is 10.3. The number of nitrogens with zero attached hydrogens (tertiary/aromatic N) is 2. The Bertz CT molecular complexity index is 605. The third kappa shape index (κ3) is 2.41. The molecule has 0 saturated heterocycles. The summed E-state index contributed by atoms with van der Waals surface area (Å²) in [6, 6.07) is 21.3. The van der Waals surface area contributed by atoms with Crippen LogP contribution in [0.3, 0.4) is 0 Å². The zero-order chi connectivity index (χ0) is 14.0. The van der Waals surface area contributed by atoms with Gasteiger partial charge < -0.3 is 0 Å². The van der Waals surface area contributed by atoms with E-state index in [1.807, 2.05) is 6.07 Å². The van der Waals surface area contributed by atoms with Crippen LogP contribution in [0.1, 0.15) is 6.42 Å². The molecule has 0 radical (unpaired) electrons. The van der Waals surface area contributed by atoms with Crippen LogP contribution >= 0.6 is 0 Å². The van der Waals surface area contributed by atoms with Crippen molar-refractivity contribution in [3.63, 3.8) is 0 Å². The lowest BCUT2D eigenvalue weighted by molar-refractivity contribution is 0.922. The monoisotopic (exact) mass is 280 g/mol. The van der Waals surface area contributed by atoms with Gasteiger partial charge in [0.1, 0.15) is 8.07 Å². The van der Waals surface area contributed by atoms with Crippen LogP contribution in [0.15, 0.2) is 65.8 Å². The van der Waals surface area contributed by atoms with Gasteiger partial charge in [0, 0.05) is 18.3 Å². The van der Waals surface area contributed by atoms with Crippen molar-refractivity contribution in [1.29, 1.82) is 0 Å². The van der Waals surface area contributed by atoms with Crippen LogP contribution < -0.4 is 10.2 Å². The maximum Gasteiger partial charge on any atom is 0.132 e. The highest BCUT2D eigenvalue weighted by molar-refractivity contribution is 7.14. The van der Waals surface area contributed by atoms with Crippen LogP contribution in [-0.4, -0.2) is 20.0 Å². The molecule has 2 aromatic carbocycles. The second-order valence-electron chi connectivity index (χ2n) is 5.75. The predicted molar refractivity (Wildman–Crippen MR) is 89.4 cm³/mol. The molecule has 3 heteroatoms. The first-order valence-corrected chi connectivity index (χ1v) is 10.1. The molecule has 0 N–H and O–H groups in total. The Balaban J connectivity index is 1.88. The second-order valence-corrected chi connectivity index (χ2v) is 10.2. The highest BCUT2D eigenvalue weighted by Crippen LogP contribution is 2.22. The minimum atomic E-state index is -1.61. The quantitative estimate of drug-likeness (QED) is 0.787. The summed E-state index contributed by atoms with van der Waals surface area (Å²) in [6.07, 6.45) is 1.09. The number of hydrogen-bond acceptors (Lipinski definition) is 2. The van der Waals surface area contributed by atoms with Gasteiger partial charge >= 0.3 is 0 Å². The van der Waals surface area contributed by atoms with E-state index in [4.69, 9.17) is 5.10 Å². The van der Waals surface area contributed by atoms with E-state index in [1.54, 1.807) is 0 Å². The van der Waals surface area contributed by atoms with Gasteiger partial charge in [-0.15, -0.1) is 0 Å². The third-order valence-electron chi connectivity index (χ3n) is 4.07. The number of benzene rings is 2. The van der Waals surface area contributed by atoms with Crippen LogP contribution in [0.5, 0.6) is 0 Å². The molecule has 1 aliphatic heterocycles. The van der Waals surface area contributed by atoms with Crippen LogP contribution in [0.4, 0.5) is 5.69 Å². The van der Waals surface area contributed by atoms with E-state index in [0.717, 1.165) is 13.0 Å². The van der Waals surface area contributed by atoms with E-state index in [1.165, 1.54) is 16.2 Å². The lowest BCUT2D eigenvalue weighted by Gasteiger charge is -2.22. The van der Waals surface area contributed by atoms with E-state index in [0.29, 0.717) is 0 Å². The van der Waals surface area contributed by atoms with Gasteiger partial charge in [-0.25, -0.2) is 0 Å². The molecule has 0 saturated carbocycles. The van der Waals surface area contributed by atoms with E-state index in [-0.39, 0.29) is 0 Å². The Morgan fingerprint density at radius 1 is 0.900 bits per heavy atom. The average Bonchev–Trinajstić information content (AvgIpc) is 3.00. The zero-order valence-electron chi connectivity index (χ0n) is 12.1. The fourth-order valence-electron chi connectivity index (χ4n) is 2.70. The van der Waals surface area contributed by atoms with E-state index < -0.39 is 8.07 Å². The van der Waals surface area contributed by atoms with Gasteiger partial charge in [0.2, 0.25) is 0 Å². The normalized spacial score (nSPS) is 15.3. The Labute approximate surface area is 121 Å². The Morgan fingerprint density at radius 2 is 1.50 bits per heavy atom. The Kier molecular flexibility index (Phi) is 3.45. The molecular formula is C17H20N2Si. The highest BCUT2D eigenvalue weighted by Gasteiger charge is 2.33. The summed E-state index contributed by atoms with van der Waals surface area (Å²) in [5.74, 6) is 0. The van der Waals surface area contributed by atoms with E-state index >= 15 is 0 Å². The lowest BCUT2D eigenvalue weighted by Crippen LogP contribution is -2.49. The maximum absolute atomic E-state index is 4.92. The van der Waals surface area contributed by atoms with Crippen LogP contribution in [-0.2, 0) is 0 Å². The summed E-state index contributed by atoms with van der Waals surface area (Å²) >= 11 is 0. The number of rotatable bonds is 3. The second kappa shape index (κ2) is 5.25. The predicted octanol–water partition coefficient (Wildman–Crippen LogP) is 3.41. The number of para-hydroxylation sites is 1. The molecule has 1 aliphatic rings. The summed E-state index contributed by atoms with van der Waals surface area (Å²) in [7, 11) is -1.61. The van der Waals surface area contributed by atoms with Gasteiger partial charge in [-0.05, 0) is 12.1 Å². The summed E-state index contributed by atoms with van der Waals surface area (Å²) in [5.41, 5.74) is 1.19. The first-order chi connectivity index (χ1) is 9.68. The Morgan fingerprint density at radius 3 is 2.15 bits per heavy atom. The van der Waals surface area contributed by atoms with Gasteiger partial charge in [0.15, 0.2) is 0 Å². The van der Waals surface area contributed by atoms with E-state index in [2.05, 4.69) is 72.7 Å². The smallest absolute Gasteiger partial charge is 0.132 e. The van der Waals surface area contributed by atoms with Crippen LogP contribution in [0, 0.1) is 0 Å². The molecule has 0 fully saturated rings. The van der Waals surface area contributed by atoms with Crippen molar-refractivity contribution in [2.45, 2.75) is 19.5 Å². The molecule has 0 aliphatic carbocycles. The fourth-order valence-corrected chi connectivity index (χ4v) is 5.17. The Hall–Kier alpha value is -1.87.